The van der Waals surface area contributed by atoms with E-state index in [1.54, 1.807) is 0 Å². The third-order valence-corrected chi connectivity index (χ3v) is 22.8. The van der Waals surface area contributed by atoms with Crippen LogP contribution in [0, 0.1) is 28.6 Å². The number of nitriles is 2. The van der Waals surface area contributed by atoms with Crippen LogP contribution in [0.15, 0.2) is 394 Å². The van der Waals surface area contributed by atoms with E-state index in [4.69, 9.17) is 0 Å². The first-order valence-corrected chi connectivity index (χ1v) is 37.6. The molecule has 6 heteroatoms. The molecule has 0 radical (unpaired) electrons. The van der Waals surface area contributed by atoms with Gasteiger partial charge in [-0.05, 0) is 186 Å². The van der Waals surface area contributed by atoms with Gasteiger partial charge < -0.3 is 18.3 Å². The van der Waals surface area contributed by atoms with E-state index in [2.05, 4.69) is 419 Å². The summed E-state index contributed by atoms with van der Waals surface area (Å²) in [6.45, 7) is 0. The summed E-state index contributed by atoms with van der Waals surface area (Å²) in [5.74, 6) is -1.07. The van der Waals surface area contributed by atoms with E-state index in [1.807, 2.05) is 0 Å². The molecule has 2 atom stereocenters. The molecular formula is C104H66N6. The Labute approximate surface area is 636 Å². The zero-order valence-electron chi connectivity index (χ0n) is 59.8. The lowest BCUT2D eigenvalue weighted by Crippen LogP contribution is -2.31. The predicted octanol–water partition coefficient (Wildman–Crippen LogP) is 27.1. The van der Waals surface area contributed by atoms with Crippen LogP contribution >= 0.6 is 0 Å². The maximum Gasteiger partial charge on any atom is 0.115 e. The maximum absolute atomic E-state index is 13.7. The summed E-state index contributed by atoms with van der Waals surface area (Å²) in [6.07, 6.45) is 0. The Morgan fingerprint density at radius 1 is 0.200 bits per heavy atom. The SMILES string of the molecule is N#CC1=C(n2c3ccc(-c4ccccc4)cc3c3cc(-c4ccccc4)ccc32)C(n2c3ccc(-c4ccccc4)cc3c3cc(-c4ccccc4)ccc32)C(C#N)C(n2c3ccc(-c4ccccc4)cc3c3cc(-c4ccccc4)ccc32)=C1n1c2ccc(-c3ccccc3)cc2c2cc(-c3ccccc3)ccc21. The van der Waals surface area contributed by atoms with Crippen molar-refractivity contribution >= 4 is 104 Å². The topological polar surface area (TPSA) is 67.3 Å². The second-order valence-electron chi connectivity index (χ2n) is 28.8. The zero-order chi connectivity index (χ0) is 72.9. The highest BCUT2D eigenvalue weighted by molar-refractivity contribution is 6.21. The molecule has 0 N–H and O–H groups in total. The third kappa shape index (κ3) is 10.3. The molecule has 2 unspecified atom stereocenters. The van der Waals surface area contributed by atoms with E-state index >= 15 is 0 Å². The van der Waals surface area contributed by atoms with Gasteiger partial charge in [-0.15, -0.1) is 0 Å². The van der Waals surface area contributed by atoms with Gasteiger partial charge in [-0.3, -0.25) is 0 Å². The molecule has 16 aromatic carbocycles. The number of hydrogen-bond donors (Lipinski definition) is 0. The zero-order valence-corrected chi connectivity index (χ0v) is 59.8. The average Bonchev–Trinajstić information content (AvgIpc) is 1.48. The Kier molecular flexibility index (Phi) is 15.1. The maximum atomic E-state index is 13.7. The molecule has 0 saturated carbocycles. The number of aromatic nitrogens is 4. The molecule has 6 nitrogen and oxygen atoms in total. The van der Waals surface area contributed by atoms with Crippen molar-refractivity contribution in [3.05, 3.63) is 394 Å². The minimum atomic E-state index is -1.07. The molecule has 0 amide bonds. The molecule has 0 saturated heterocycles. The lowest BCUT2D eigenvalue weighted by Gasteiger charge is -2.38. The highest BCUT2D eigenvalue weighted by Gasteiger charge is 2.45. The van der Waals surface area contributed by atoms with Crippen LogP contribution in [0.4, 0.5) is 0 Å². The van der Waals surface area contributed by atoms with Gasteiger partial charge in [0.1, 0.15) is 12.0 Å². The van der Waals surface area contributed by atoms with Crippen molar-refractivity contribution in [2.75, 3.05) is 0 Å². The smallest absolute Gasteiger partial charge is 0.115 e. The van der Waals surface area contributed by atoms with Crippen molar-refractivity contribution < 1.29 is 0 Å². The largest absolute Gasteiger partial charge is 0.330 e. The fourth-order valence-corrected chi connectivity index (χ4v) is 17.7. The highest BCUT2D eigenvalue weighted by atomic mass is 15.2. The number of allylic oxidation sites excluding steroid dienone is 4. The fraction of sp³-hybridized carbons (Fsp3) is 0.0192. The molecule has 4 aromatic heterocycles. The van der Waals surface area contributed by atoms with Crippen molar-refractivity contribution in [1.82, 2.24) is 18.3 Å². The van der Waals surface area contributed by atoms with E-state index in [-0.39, 0.29) is 0 Å². The predicted molar refractivity (Wildman–Crippen MR) is 458 cm³/mol. The lowest BCUT2D eigenvalue weighted by molar-refractivity contribution is 0.557. The molecule has 1 aliphatic carbocycles. The number of benzene rings is 16. The van der Waals surface area contributed by atoms with E-state index in [0.29, 0.717) is 22.7 Å². The van der Waals surface area contributed by atoms with Crippen molar-refractivity contribution in [1.29, 1.82) is 10.5 Å². The highest BCUT2D eigenvalue weighted by Crippen LogP contribution is 2.56. The molecule has 4 heterocycles. The molecular weight excluding hydrogens is 1330 g/mol. The van der Waals surface area contributed by atoms with Gasteiger partial charge in [0, 0.05) is 54.1 Å². The lowest BCUT2D eigenvalue weighted by atomic mass is 9.83. The summed E-state index contributed by atoms with van der Waals surface area (Å²) in [7, 11) is 0. The standard InChI is InChI=1S/C104H66N6/c105-65-91-101(107-93-49-41-75(67-25-9-1-10-26-67)57-83(93)84-58-76(42-50-94(84)107)68-27-11-2-12-28-68)102(108-95-51-43-77(69-29-13-3-14-30-69)59-85(95)86-60-78(44-52-96(86)108)70-31-15-4-16-32-70)92(66-106)104(110-99-55-47-81(73-37-21-7-22-38-73)63-89(99)90-64-82(48-56-100(90)110)74-39-23-8-24-40-74)103(91)109-97-53-45-79(71-33-17-5-18-34-71)61-87(97)88-62-80(46-54-98(88)109)72-35-19-6-20-36-72/h1-64,91,101H. The van der Waals surface area contributed by atoms with Gasteiger partial charge in [0.05, 0.1) is 67.9 Å². The van der Waals surface area contributed by atoms with Gasteiger partial charge >= 0.3 is 0 Å². The Morgan fingerprint density at radius 2 is 0.400 bits per heavy atom. The Morgan fingerprint density at radius 3 is 0.618 bits per heavy atom. The number of hydrogen-bond acceptors (Lipinski definition) is 2. The van der Waals surface area contributed by atoms with Gasteiger partial charge in [-0.2, -0.15) is 10.5 Å². The first-order chi connectivity index (χ1) is 54.5. The minimum absolute atomic E-state index is 0.418. The van der Waals surface area contributed by atoms with E-state index in [0.717, 1.165) is 176 Å². The monoisotopic (exact) mass is 1400 g/mol. The van der Waals surface area contributed by atoms with Gasteiger partial charge in [-0.25, -0.2) is 0 Å². The normalized spacial score (nSPS) is 13.9. The van der Waals surface area contributed by atoms with E-state index < -0.39 is 12.0 Å². The summed E-state index contributed by atoms with van der Waals surface area (Å²) in [5, 5.41) is 35.6. The van der Waals surface area contributed by atoms with E-state index in [9.17, 15) is 10.5 Å². The average molecular weight is 1400 g/mol. The Balaban J connectivity index is 0.974. The van der Waals surface area contributed by atoms with Gasteiger partial charge in [0.2, 0.25) is 0 Å². The first kappa shape index (κ1) is 63.6. The van der Waals surface area contributed by atoms with Crippen molar-refractivity contribution in [2.45, 2.75) is 6.04 Å². The molecule has 1 aliphatic rings. The second kappa shape index (κ2) is 26.0. The molecule has 0 spiro atoms. The Hall–Kier alpha value is -14.8. The summed E-state index contributed by atoms with van der Waals surface area (Å²) in [5.41, 5.74) is 26.8. The molecule has 0 fully saturated rings. The molecule has 110 heavy (non-hydrogen) atoms. The quantitative estimate of drug-likeness (QED) is 0.122. The summed E-state index contributed by atoms with van der Waals surface area (Å²) in [6, 6.07) is 145. The van der Waals surface area contributed by atoms with Gasteiger partial charge in [0.15, 0.2) is 0 Å². The van der Waals surface area contributed by atoms with Crippen LogP contribution in [-0.4, -0.2) is 18.3 Å². The molecule has 20 aromatic rings. The fourth-order valence-electron chi connectivity index (χ4n) is 17.7. The van der Waals surface area contributed by atoms with Crippen LogP contribution in [0.25, 0.3) is 193 Å². The van der Waals surface area contributed by atoms with Crippen LogP contribution in [0.5, 0.6) is 0 Å². The molecule has 0 bridgehead atoms. The van der Waals surface area contributed by atoms with Crippen LogP contribution in [0.1, 0.15) is 6.04 Å². The number of nitrogens with zero attached hydrogens (tertiary/aromatic N) is 6. The minimum Gasteiger partial charge on any atom is -0.330 e. The van der Waals surface area contributed by atoms with E-state index in [1.165, 1.54) is 0 Å². The van der Waals surface area contributed by atoms with Crippen LogP contribution in [0.2, 0.25) is 0 Å². The molecule has 512 valence electrons. The van der Waals surface area contributed by atoms with Gasteiger partial charge in [0.25, 0.3) is 0 Å². The Bertz CT molecular complexity index is 6850. The van der Waals surface area contributed by atoms with Crippen molar-refractivity contribution in [3.8, 4) is 101 Å². The number of fused-ring (bicyclic) bond motifs is 12. The van der Waals surface area contributed by atoms with Crippen molar-refractivity contribution in [3.63, 3.8) is 0 Å². The van der Waals surface area contributed by atoms with Crippen LogP contribution < -0.4 is 0 Å². The van der Waals surface area contributed by atoms with Crippen LogP contribution in [0.3, 0.4) is 0 Å². The summed E-state index contributed by atoms with van der Waals surface area (Å²) < 4.78 is 9.56. The van der Waals surface area contributed by atoms with Gasteiger partial charge in [-0.1, -0.05) is 291 Å². The second-order valence-corrected chi connectivity index (χ2v) is 28.8. The van der Waals surface area contributed by atoms with Crippen LogP contribution in [-0.2, 0) is 0 Å². The third-order valence-electron chi connectivity index (χ3n) is 22.8. The summed E-state index contributed by atoms with van der Waals surface area (Å²) in [4.78, 5) is 0. The number of rotatable bonds is 12. The van der Waals surface area contributed by atoms with Crippen molar-refractivity contribution in [2.24, 2.45) is 5.92 Å². The molecule has 0 aliphatic heterocycles. The first-order valence-electron chi connectivity index (χ1n) is 37.6. The molecule has 21 rings (SSSR count). The summed E-state index contributed by atoms with van der Waals surface area (Å²) >= 11 is 0.